The minimum absolute atomic E-state index is 0.634. The van der Waals surface area contributed by atoms with Gasteiger partial charge in [-0.15, -0.1) is 0 Å². The number of aryl methyl sites for hydroxylation is 1. The zero-order chi connectivity index (χ0) is 17.6. The molecule has 128 valence electrons. The number of nitrogens with zero attached hydrogens (tertiary/aromatic N) is 3. The first kappa shape index (κ1) is 16.8. The van der Waals surface area contributed by atoms with E-state index in [-0.39, 0.29) is 0 Å². The lowest BCUT2D eigenvalue weighted by Crippen LogP contribution is -2.13. The summed E-state index contributed by atoms with van der Waals surface area (Å²) in [4.78, 5) is 11.1. The molecule has 2 aromatic carbocycles. The van der Waals surface area contributed by atoms with Gasteiger partial charge in [-0.1, -0.05) is 36.4 Å². The van der Waals surface area contributed by atoms with Crippen LogP contribution in [0.1, 0.15) is 11.4 Å². The maximum Gasteiger partial charge on any atom is 0.138 e. The molecule has 0 bridgehead atoms. The number of nitrogens with one attached hydrogen (secondary N) is 1. The molecule has 5 heteroatoms. The van der Waals surface area contributed by atoms with Crippen LogP contribution >= 0.6 is 0 Å². The van der Waals surface area contributed by atoms with Crippen LogP contribution in [0.4, 0.5) is 17.3 Å². The molecule has 0 aliphatic rings. The van der Waals surface area contributed by atoms with E-state index in [0.717, 1.165) is 34.5 Å². The smallest absolute Gasteiger partial charge is 0.138 e. The Morgan fingerprint density at radius 1 is 1.00 bits per heavy atom. The summed E-state index contributed by atoms with van der Waals surface area (Å²) in [6.07, 6.45) is 0. The SMILES string of the molecule is COc1ccccc1CNc1cc(N(C)c2ccccc2)nc(C)n1. The van der Waals surface area contributed by atoms with Crippen molar-refractivity contribution in [1.82, 2.24) is 9.97 Å². The maximum atomic E-state index is 5.40. The van der Waals surface area contributed by atoms with Crippen molar-refractivity contribution in [2.75, 3.05) is 24.4 Å². The summed E-state index contributed by atoms with van der Waals surface area (Å²) < 4.78 is 5.40. The van der Waals surface area contributed by atoms with Gasteiger partial charge < -0.3 is 15.0 Å². The second-order valence-corrected chi connectivity index (χ2v) is 5.72. The van der Waals surface area contributed by atoms with Crippen molar-refractivity contribution < 1.29 is 4.74 Å². The third-order valence-electron chi connectivity index (χ3n) is 3.96. The normalized spacial score (nSPS) is 10.4. The summed E-state index contributed by atoms with van der Waals surface area (Å²) in [6, 6.07) is 20.1. The van der Waals surface area contributed by atoms with Crippen LogP contribution in [0, 0.1) is 6.92 Å². The topological polar surface area (TPSA) is 50.3 Å². The van der Waals surface area contributed by atoms with Crippen LogP contribution in [0.25, 0.3) is 0 Å². The lowest BCUT2D eigenvalue weighted by molar-refractivity contribution is 0.410. The standard InChI is InChI=1S/C20H22N4O/c1-15-22-19(21-14-16-9-7-8-12-18(16)25-3)13-20(23-15)24(2)17-10-5-4-6-11-17/h4-13H,14H2,1-3H3,(H,21,22,23). The molecule has 0 aliphatic heterocycles. The first-order valence-corrected chi connectivity index (χ1v) is 8.17. The molecule has 3 aromatic rings. The van der Waals surface area contributed by atoms with Crippen molar-refractivity contribution in [3.63, 3.8) is 0 Å². The summed E-state index contributed by atoms with van der Waals surface area (Å²) in [7, 11) is 3.68. The molecule has 0 radical (unpaired) electrons. The number of ether oxygens (including phenoxy) is 1. The quantitative estimate of drug-likeness (QED) is 0.733. The molecular weight excluding hydrogens is 312 g/mol. The molecule has 25 heavy (non-hydrogen) atoms. The van der Waals surface area contributed by atoms with Gasteiger partial charge in [0.05, 0.1) is 7.11 Å². The predicted molar refractivity (Wildman–Crippen MR) is 102 cm³/mol. The summed E-state index contributed by atoms with van der Waals surface area (Å²) in [5, 5.41) is 3.37. The molecule has 0 spiro atoms. The van der Waals surface area contributed by atoms with Crippen molar-refractivity contribution in [2.24, 2.45) is 0 Å². The molecule has 0 saturated heterocycles. The van der Waals surface area contributed by atoms with Crippen LogP contribution in [0.5, 0.6) is 5.75 Å². The van der Waals surface area contributed by atoms with Crippen LogP contribution in [0.2, 0.25) is 0 Å². The number of hydrogen-bond acceptors (Lipinski definition) is 5. The molecule has 3 rings (SSSR count). The molecule has 5 nitrogen and oxygen atoms in total. The van der Waals surface area contributed by atoms with Gasteiger partial charge in [0.2, 0.25) is 0 Å². The highest BCUT2D eigenvalue weighted by Gasteiger charge is 2.09. The molecule has 0 aliphatic carbocycles. The predicted octanol–water partition coefficient (Wildman–Crippen LogP) is 4.17. The van der Waals surface area contributed by atoms with Crippen molar-refractivity contribution in [1.29, 1.82) is 0 Å². The Morgan fingerprint density at radius 3 is 2.48 bits per heavy atom. The fourth-order valence-electron chi connectivity index (χ4n) is 2.63. The number of anilines is 3. The average Bonchev–Trinajstić information content (AvgIpc) is 2.66. The Morgan fingerprint density at radius 2 is 1.72 bits per heavy atom. The molecule has 1 heterocycles. The zero-order valence-electron chi connectivity index (χ0n) is 14.7. The van der Waals surface area contributed by atoms with Crippen LogP contribution in [-0.2, 0) is 6.54 Å². The molecule has 0 saturated carbocycles. The van der Waals surface area contributed by atoms with E-state index in [9.17, 15) is 0 Å². The van der Waals surface area contributed by atoms with Crippen LogP contribution in [0.3, 0.4) is 0 Å². The summed E-state index contributed by atoms with van der Waals surface area (Å²) in [5.41, 5.74) is 2.16. The lowest BCUT2D eigenvalue weighted by Gasteiger charge is -2.19. The van der Waals surface area contributed by atoms with Crippen molar-refractivity contribution in [3.8, 4) is 5.75 Å². The van der Waals surface area contributed by atoms with Gasteiger partial charge in [-0.25, -0.2) is 9.97 Å². The van der Waals surface area contributed by atoms with Crippen molar-refractivity contribution in [2.45, 2.75) is 13.5 Å². The largest absolute Gasteiger partial charge is 0.496 e. The van der Waals surface area contributed by atoms with Crippen molar-refractivity contribution >= 4 is 17.3 Å². The van der Waals surface area contributed by atoms with E-state index in [4.69, 9.17) is 4.74 Å². The summed E-state index contributed by atoms with van der Waals surface area (Å²) >= 11 is 0. The molecule has 1 aromatic heterocycles. The monoisotopic (exact) mass is 334 g/mol. The Balaban J connectivity index is 1.80. The minimum Gasteiger partial charge on any atom is -0.496 e. The van der Waals surface area contributed by atoms with Gasteiger partial charge in [-0.05, 0) is 25.1 Å². The molecule has 0 atom stereocenters. The summed E-state index contributed by atoms with van der Waals surface area (Å²) in [6.45, 7) is 2.53. The highest BCUT2D eigenvalue weighted by molar-refractivity contribution is 5.61. The number of benzene rings is 2. The van der Waals surface area contributed by atoms with Crippen molar-refractivity contribution in [3.05, 3.63) is 72.1 Å². The highest BCUT2D eigenvalue weighted by Crippen LogP contribution is 2.24. The lowest BCUT2D eigenvalue weighted by atomic mass is 10.2. The average molecular weight is 334 g/mol. The van der Waals surface area contributed by atoms with Gasteiger partial charge in [-0.2, -0.15) is 0 Å². The first-order chi connectivity index (χ1) is 12.2. The van der Waals surface area contributed by atoms with Gasteiger partial charge in [0, 0.05) is 30.9 Å². The van der Waals surface area contributed by atoms with E-state index < -0.39 is 0 Å². The van der Waals surface area contributed by atoms with Crippen LogP contribution in [0.15, 0.2) is 60.7 Å². The van der Waals surface area contributed by atoms with Gasteiger partial charge >= 0.3 is 0 Å². The van der Waals surface area contributed by atoms with E-state index in [0.29, 0.717) is 6.54 Å². The van der Waals surface area contributed by atoms with Gasteiger partial charge in [0.25, 0.3) is 0 Å². The van der Waals surface area contributed by atoms with E-state index in [1.165, 1.54) is 0 Å². The number of hydrogen-bond donors (Lipinski definition) is 1. The second kappa shape index (κ2) is 7.66. The number of rotatable bonds is 6. The van der Waals surface area contributed by atoms with Crippen LogP contribution in [-0.4, -0.2) is 24.1 Å². The van der Waals surface area contributed by atoms with E-state index in [2.05, 4.69) is 27.4 Å². The molecule has 0 fully saturated rings. The van der Waals surface area contributed by atoms with E-state index >= 15 is 0 Å². The Hall–Kier alpha value is -3.08. The summed E-state index contributed by atoms with van der Waals surface area (Å²) in [5.74, 6) is 3.22. The first-order valence-electron chi connectivity index (χ1n) is 8.17. The fraction of sp³-hybridized carbons (Fsp3) is 0.200. The Kier molecular flexibility index (Phi) is 5.14. The van der Waals surface area contributed by atoms with Gasteiger partial charge in [0.1, 0.15) is 23.2 Å². The van der Waals surface area contributed by atoms with Gasteiger partial charge in [-0.3, -0.25) is 0 Å². The zero-order valence-corrected chi connectivity index (χ0v) is 14.7. The fourth-order valence-corrected chi connectivity index (χ4v) is 2.63. The van der Waals surface area contributed by atoms with Gasteiger partial charge in [0.15, 0.2) is 0 Å². The molecule has 1 N–H and O–H groups in total. The maximum absolute atomic E-state index is 5.40. The molecular formula is C20H22N4O. The second-order valence-electron chi connectivity index (χ2n) is 5.72. The third kappa shape index (κ3) is 4.07. The number of para-hydroxylation sites is 2. The van der Waals surface area contributed by atoms with Crippen LogP contribution < -0.4 is 15.0 Å². The van der Waals surface area contributed by atoms with E-state index in [1.54, 1.807) is 7.11 Å². The number of aromatic nitrogens is 2. The Bertz CT molecular complexity index is 836. The molecule has 0 unspecified atom stereocenters. The minimum atomic E-state index is 0.634. The third-order valence-corrected chi connectivity index (χ3v) is 3.96. The Labute approximate surface area is 148 Å². The molecule has 0 amide bonds. The number of methoxy groups -OCH3 is 1. The van der Waals surface area contributed by atoms with E-state index in [1.807, 2.05) is 67.4 Å². The highest BCUT2D eigenvalue weighted by atomic mass is 16.5.